The zero-order valence-corrected chi connectivity index (χ0v) is 19.9. The molecule has 0 aliphatic rings. The molecule has 0 spiro atoms. The predicted octanol–water partition coefficient (Wildman–Crippen LogP) is 2.81. The van der Waals surface area contributed by atoms with Crippen molar-refractivity contribution in [2.75, 3.05) is 22.9 Å². The van der Waals surface area contributed by atoms with Crippen LogP contribution in [0.4, 0.5) is 11.4 Å². The third-order valence-corrected chi connectivity index (χ3v) is 6.19. The fraction of sp³-hybridized carbons (Fsp3) is 0.208. The highest BCUT2D eigenvalue weighted by molar-refractivity contribution is 7.92. The van der Waals surface area contributed by atoms with E-state index in [1.807, 2.05) is 6.07 Å². The molecule has 0 radical (unpaired) electrons. The first-order valence-electron chi connectivity index (χ1n) is 10.4. The molecule has 0 fully saturated rings. The van der Waals surface area contributed by atoms with E-state index < -0.39 is 22.0 Å². The van der Waals surface area contributed by atoms with E-state index >= 15 is 0 Å². The van der Waals surface area contributed by atoms with Crippen LogP contribution >= 0.6 is 0 Å². The molecule has 2 N–H and O–H groups in total. The van der Waals surface area contributed by atoms with Gasteiger partial charge < -0.3 is 15.4 Å². The van der Waals surface area contributed by atoms with Crippen molar-refractivity contribution < 1.29 is 22.7 Å². The van der Waals surface area contributed by atoms with Gasteiger partial charge in [-0.3, -0.25) is 18.9 Å². The summed E-state index contributed by atoms with van der Waals surface area (Å²) in [6, 6.07) is 16.7. The van der Waals surface area contributed by atoms with Crippen LogP contribution in [0.2, 0.25) is 0 Å². The summed E-state index contributed by atoms with van der Waals surface area (Å²) in [6.45, 7) is 1.88. The molecule has 0 aliphatic carbocycles. The number of pyridine rings is 1. The van der Waals surface area contributed by atoms with E-state index in [1.54, 1.807) is 73.9 Å². The summed E-state index contributed by atoms with van der Waals surface area (Å²) in [7, 11) is -1.93. The topological polar surface area (TPSA) is 118 Å². The third kappa shape index (κ3) is 6.55. The van der Waals surface area contributed by atoms with Crippen molar-refractivity contribution >= 4 is 33.2 Å². The standard InChI is InChI=1S/C24H26N4O5S/c1-17(33-20-12-10-19(11-13-20)28(2)34(3,31)32)23(29)27-22-9-5-4-8-21(22)24(30)26-16-18-7-6-14-25-15-18/h4-15,17H,16H2,1-3H3,(H,26,30)(H,27,29)/t17-/m1/s1. The Bertz CT molecular complexity index is 1250. The molecule has 0 saturated heterocycles. The van der Waals surface area contributed by atoms with E-state index in [0.29, 0.717) is 29.2 Å². The van der Waals surface area contributed by atoms with E-state index in [0.717, 1.165) is 16.1 Å². The van der Waals surface area contributed by atoms with E-state index in [-0.39, 0.29) is 5.91 Å². The molecule has 1 atom stereocenters. The molecule has 0 bridgehead atoms. The number of aromatic nitrogens is 1. The Morgan fingerprint density at radius 1 is 1.06 bits per heavy atom. The maximum absolute atomic E-state index is 12.7. The Kier molecular flexibility index (Phi) is 7.85. The molecule has 0 aliphatic heterocycles. The fourth-order valence-electron chi connectivity index (χ4n) is 2.99. The lowest BCUT2D eigenvalue weighted by Gasteiger charge is -2.19. The molecule has 3 aromatic rings. The zero-order chi connectivity index (χ0) is 24.7. The minimum absolute atomic E-state index is 0.305. The Morgan fingerprint density at radius 2 is 1.76 bits per heavy atom. The fourth-order valence-corrected chi connectivity index (χ4v) is 3.49. The molecule has 178 valence electrons. The molecule has 2 amide bonds. The molecule has 0 saturated carbocycles. The smallest absolute Gasteiger partial charge is 0.265 e. The van der Waals surface area contributed by atoms with Crippen LogP contribution in [0.1, 0.15) is 22.8 Å². The molecule has 2 aromatic carbocycles. The predicted molar refractivity (Wildman–Crippen MR) is 130 cm³/mol. The van der Waals surface area contributed by atoms with Gasteiger partial charge in [0.2, 0.25) is 10.0 Å². The van der Waals surface area contributed by atoms with Gasteiger partial charge in [0, 0.05) is 26.0 Å². The lowest BCUT2D eigenvalue weighted by Crippen LogP contribution is -2.31. The minimum Gasteiger partial charge on any atom is -0.481 e. The molecular weight excluding hydrogens is 456 g/mol. The Morgan fingerprint density at radius 3 is 2.41 bits per heavy atom. The maximum atomic E-state index is 12.7. The summed E-state index contributed by atoms with van der Waals surface area (Å²) >= 11 is 0. The van der Waals surface area contributed by atoms with Crippen molar-refractivity contribution in [1.82, 2.24) is 10.3 Å². The quantitative estimate of drug-likeness (QED) is 0.484. The van der Waals surface area contributed by atoms with Crippen LogP contribution < -0.4 is 19.7 Å². The van der Waals surface area contributed by atoms with E-state index in [9.17, 15) is 18.0 Å². The number of sulfonamides is 1. The monoisotopic (exact) mass is 482 g/mol. The van der Waals surface area contributed by atoms with Crippen molar-refractivity contribution in [2.45, 2.75) is 19.6 Å². The van der Waals surface area contributed by atoms with Crippen molar-refractivity contribution in [3.8, 4) is 5.75 Å². The molecule has 0 unspecified atom stereocenters. The summed E-state index contributed by atoms with van der Waals surface area (Å²) in [5, 5.41) is 5.55. The Hall–Kier alpha value is -3.92. The van der Waals surface area contributed by atoms with Crippen molar-refractivity contribution in [2.24, 2.45) is 0 Å². The third-order valence-electron chi connectivity index (χ3n) is 4.99. The van der Waals surface area contributed by atoms with Crippen LogP contribution in [-0.2, 0) is 21.4 Å². The number of rotatable bonds is 9. The summed E-state index contributed by atoms with van der Waals surface area (Å²) in [4.78, 5) is 29.4. The van der Waals surface area contributed by atoms with Crippen LogP contribution in [-0.4, -0.2) is 44.6 Å². The van der Waals surface area contributed by atoms with Gasteiger partial charge >= 0.3 is 0 Å². The molecule has 3 rings (SSSR count). The van der Waals surface area contributed by atoms with Gasteiger partial charge in [-0.05, 0) is 55.0 Å². The number of carbonyl (C=O) groups is 2. The zero-order valence-electron chi connectivity index (χ0n) is 19.1. The summed E-state index contributed by atoms with van der Waals surface area (Å²) in [5.41, 5.74) is 2.00. The minimum atomic E-state index is -3.38. The first-order valence-corrected chi connectivity index (χ1v) is 12.3. The van der Waals surface area contributed by atoms with Gasteiger partial charge in [0.05, 0.1) is 23.2 Å². The van der Waals surface area contributed by atoms with E-state index in [4.69, 9.17) is 4.74 Å². The lowest BCUT2D eigenvalue weighted by atomic mass is 10.1. The van der Waals surface area contributed by atoms with Crippen LogP contribution in [0.25, 0.3) is 0 Å². The number of carbonyl (C=O) groups excluding carboxylic acids is 2. The van der Waals surface area contributed by atoms with Crippen molar-refractivity contribution in [3.63, 3.8) is 0 Å². The van der Waals surface area contributed by atoms with Crippen LogP contribution in [0.5, 0.6) is 5.75 Å². The van der Waals surface area contributed by atoms with Gasteiger partial charge in [-0.1, -0.05) is 18.2 Å². The average molecular weight is 483 g/mol. The molecule has 1 heterocycles. The highest BCUT2D eigenvalue weighted by Gasteiger charge is 2.19. The molecular formula is C24H26N4O5S. The van der Waals surface area contributed by atoms with Crippen LogP contribution in [0.3, 0.4) is 0 Å². The number of hydrogen-bond donors (Lipinski definition) is 2. The number of para-hydroxylation sites is 1. The first kappa shape index (κ1) is 24.7. The lowest BCUT2D eigenvalue weighted by molar-refractivity contribution is -0.122. The normalized spacial score (nSPS) is 11.9. The highest BCUT2D eigenvalue weighted by atomic mass is 32.2. The van der Waals surface area contributed by atoms with Crippen molar-refractivity contribution in [3.05, 3.63) is 84.2 Å². The number of nitrogens with one attached hydrogen (secondary N) is 2. The highest BCUT2D eigenvalue weighted by Crippen LogP contribution is 2.22. The van der Waals surface area contributed by atoms with Gasteiger partial charge in [-0.15, -0.1) is 0 Å². The van der Waals surface area contributed by atoms with Gasteiger partial charge in [0.1, 0.15) is 5.75 Å². The second-order valence-corrected chi connectivity index (χ2v) is 9.58. The molecule has 34 heavy (non-hydrogen) atoms. The van der Waals surface area contributed by atoms with Gasteiger partial charge in [-0.25, -0.2) is 8.42 Å². The van der Waals surface area contributed by atoms with Crippen molar-refractivity contribution in [1.29, 1.82) is 0 Å². The average Bonchev–Trinajstić information content (AvgIpc) is 2.83. The van der Waals surface area contributed by atoms with Crippen LogP contribution in [0, 0.1) is 0 Å². The second-order valence-electron chi connectivity index (χ2n) is 7.56. The number of nitrogens with zero attached hydrogens (tertiary/aromatic N) is 2. The van der Waals surface area contributed by atoms with Gasteiger partial charge in [0.15, 0.2) is 6.10 Å². The number of hydrogen-bond acceptors (Lipinski definition) is 6. The number of anilines is 2. The molecule has 10 heteroatoms. The summed E-state index contributed by atoms with van der Waals surface area (Å²) in [6.07, 6.45) is 3.56. The number of ether oxygens (including phenoxy) is 1. The number of benzene rings is 2. The first-order chi connectivity index (χ1) is 16.1. The largest absolute Gasteiger partial charge is 0.481 e. The van der Waals surface area contributed by atoms with E-state index in [2.05, 4.69) is 15.6 Å². The Balaban J connectivity index is 1.62. The number of amides is 2. The van der Waals surface area contributed by atoms with E-state index in [1.165, 1.54) is 7.05 Å². The van der Waals surface area contributed by atoms with Gasteiger partial charge in [-0.2, -0.15) is 0 Å². The Labute approximate surface area is 198 Å². The SMILES string of the molecule is C[C@@H](Oc1ccc(N(C)S(C)(=O)=O)cc1)C(=O)Nc1ccccc1C(=O)NCc1cccnc1. The molecule has 9 nitrogen and oxygen atoms in total. The second kappa shape index (κ2) is 10.8. The summed E-state index contributed by atoms with van der Waals surface area (Å²) in [5.74, 6) is -0.375. The van der Waals surface area contributed by atoms with Crippen LogP contribution in [0.15, 0.2) is 73.1 Å². The summed E-state index contributed by atoms with van der Waals surface area (Å²) < 4.78 is 30.1. The maximum Gasteiger partial charge on any atom is 0.265 e. The molecule has 1 aromatic heterocycles. The van der Waals surface area contributed by atoms with Gasteiger partial charge in [0.25, 0.3) is 11.8 Å².